The topological polar surface area (TPSA) is 93.3 Å². The molecule has 1 saturated carbocycles. The summed E-state index contributed by atoms with van der Waals surface area (Å²) in [7, 11) is 0. The number of hydrogen-bond donors (Lipinski definition) is 2. The van der Waals surface area contributed by atoms with Gasteiger partial charge in [-0.3, -0.25) is 0 Å². The standard InChI is InChI=1S/C14H17FN4O3/c1-2-3-22-14-11-13(16-6-17-14)19(7-18-11)9-4-8(5-20)12(21)10(9)15/h2,6-10,12,20-21H,1,3-5H2/t8?,9?,10?,12-/m1/s1. The van der Waals surface area contributed by atoms with Crippen LogP contribution in [0.4, 0.5) is 4.39 Å². The number of ether oxygens (including phenoxy) is 1. The summed E-state index contributed by atoms with van der Waals surface area (Å²) in [5.41, 5.74) is 0.867. The molecule has 0 bridgehead atoms. The van der Waals surface area contributed by atoms with Crippen LogP contribution >= 0.6 is 0 Å². The predicted molar refractivity (Wildman–Crippen MR) is 76.1 cm³/mol. The zero-order valence-corrected chi connectivity index (χ0v) is 11.8. The van der Waals surface area contributed by atoms with Crippen molar-refractivity contribution in [3.8, 4) is 5.88 Å². The largest absolute Gasteiger partial charge is 0.472 e. The first-order valence-corrected chi connectivity index (χ1v) is 7.01. The van der Waals surface area contributed by atoms with Crippen molar-refractivity contribution in [3.63, 3.8) is 0 Å². The van der Waals surface area contributed by atoms with Crippen LogP contribution in [0.5, 0.6) is 5.88 Å². The molecule has 8 heteroatoms. The van der Waals surface area contributed by atoms with E-state index < -0.39 is 24.2 Å². The molecule has 3 unspecified atom stereocenters. The van der Waals surface area contributed by atoms with Crippen molar-refractivity contribution >= 4 is 11.2 Å². The molecule has 7 nitrogen and oxygen atoms in total. The minimum absolute atomic E-state index is 0.257. The first kappa shape index (κ1) is 14.9. The fraction of sp³-hybridized carbons (Fsp3) is 0.500. The lowest BCUT2D eigenvalue weighted by Crippen LogP contribution is -2.26. The van der Waals surface area contributed by atoms with Gasteiger partial charge in [0, 0.05) is 12.5 Å². The second-order valence-corrected chi connectivity index (χ2v) is 5.28. The summed E-state index contributed by atoms with van der Waals surface area (Å²) in [6.07, 6.45) is 2.01. The second kappa shape index (κ2) is 5.98. The molecule has 0 aromatic carbocycles. The lowest BCUT2D eigenvalue weighted by atomic mass is 10.1. The van der Waals surface area contributed by atoms with E-state index in [2.05, 4.69) is 21.5 Å². The number of aliphatic hydroxyl groups is 2. The maximum atomic E-state index is 14.3. The van der Waals surface area contributed by atoms with Crippen LogP contribution in [0.15, 0.2) is 25.3 Å². The maximum Gasteiger partial charge on any atom is 0.245 e. The van der Waals surface area contributed by atoms with E-state index >= 15 is 0 Å². The Hall–Kier alpha value is -2.06. The third kappa shape index (κ3) is 2.34. The van der Waals surface area contributed by atoms with Crippen LogP contribution in [0.2, 0.25) is 0 Å². The summed E-state index contributed by atoms with van der Waals surface area (Å²) in [5.74, 6) is -0.188. The highest BCUT2D eigenvalue weighted by molar-refractivity contribution is 5.76. The van der Waals surface area contributed by atoms with Gasteiger partial charge in [0.15, 0.2) is 11.2 Å². The average molecular weight is 308 g/mol. The number of halogens is 1. The van der Waals surface area contributed by atoms with E-state index in [0.717, 1.165) is 0 Å². The molecule has 3 rings (SSSR count). The Morgan fingerprint density at radius 3 is 2.95 bits per heavy atom. The number of aliphatic hydroxyl groups excluding tert-OH is 2. The third-order valence-electron chi connectivity index (χ3n) is 3.98. The Kier molecular flexibility index (Phi) is 4.04. The molecular formula is C14H17FN4O3. The van der Waals surface area contributed by atoms with Gasteiger partial charge in [-0.15, -0.1) is 0 Å². The number of nitrogens with zero attached hydrogens (tertiary/aromatic N) is 4. The highest BCUT2D eigenvalue weighted by atomic mass is 19.1. The first-order chi connectivity index (χ1) is 10.7. The Labute approximate surface area is 126 Å². The van der Waals surface area contributed by atoms with Crippen LogP contribution < -0.4 is 4.74 Å². The molecule has 0 aliphatic heterocycles. The minimum atomic E-state index is -1.48. The maximum absolute atomic E-state index is 14.3. The molecule has 22 heavy (non-hydrogen) atoms. The van der Waals surface area contributed by atoms with Gasteiger partial charge in [0.25, 0.3) is 0 Å². The quantitative estimate of drug-likeness (QED) is 0.788. The van der Waals surface area contributed by atoms with Crippen LogP contribution in [-0.2, 0) is 0 Å². The van der Waals surface area contributed by atoms with Gasteiger partial charge in [0.2, 0.25) is 5.88 Å². The van der Waals surface area contributed by atoms with Gasteiger partial charge in [-0.05, 0) is 6.42 Å². The number of aromatic nitrogens is 4. The molecule has 0 amide bonds. The third-order valence-corrected chi connectivity index (χ3v) is 3.98. The Balaban J connectivity index is 1.97. The summed E-state index contributed by atoms with van der Waals surface area (Å²) >= 11 is 0. The van der Waals surface area contributed by atoms with Crippen molar-refractivity contribution < 1.29 is 19.3 Å². The fourth-order valence-corrected chi connectivity index (χ4v) is 2.83. The zero-order chi connectivity index (χ0) is 15.7. The van der Waals surface area contributed by atoms with Crippen molar-refractivity contribution in [3.05, 3.63) is 25.3 Å². The second-order valence-electron chi connectivity index (χ2n) is 5.28. The molecule has 2 heterocycles. The predicted octanol–water partition coefficient (Wildman–Crippen LogP) is 0.643. The monoisotopic (exact) mass is 308 g/mol. The summed E-state index contributed by atoms with van der Waals surface area (Å²) in [6.45, 7) is 3.59. The summed E-state index contributed by atoms with van der Waals surface area (Å²) in [6, 6.07) is -0.626. The Morgan fingerprint density at radius 2 is 2.27 bits per heavy atom. The SMILES string of the molecule is C=CCOc1ncnc2c1ncn2C1CC(CO)[C@@H](O)C1F. The number of alkyl halides is 1. The molecule has 1 fully saturated rings. The van der Waals surface area contributed by atoms with E-state index in [1.165, 1.54) is 12.7 Å². The van der Waals surface area contributed by atoms with Crippen molar-refractivity contribution in [2.45, 2.75) is 24.7 Å². The fourth-order valence-electron chi connectivity index (χ4n) is 2.83. The van der Waals surface area contributed by atoms with Gasteiger partial charge in [0.05, 0.1) is 18.5 Å². The van der Waals surface area contributed by atoms with E-state index in [4.69, 9.17) is 4.74 Å². The van der Waals surface area contributed by atoms with Gasteiger partial charge in [0.1, 0.15) is 19.1 Å². The number of hydrogen-bond acceptors (Lipinski definition) is 6. The highest BCUT2D eigenvalue weighted by Gasteiger charge is 2.44. The van der Waals surface area contributed by atoms with Gasteiger partial charge in [-0.1, -0.05) is 12.7 Å². The molecule has 2 N–H and O–H groups in total. The van der Waals surface area contributed by atoms with Crippen molar-refractivity contribution in [1.29, 1.82) is 0 Å². The molecule has 1 aliphatic rings. The normalized spacial score (nSPS) is 28.1. The number of rotatable bonds is 5. The summed E-state index contributed by atoms with van der Waals surface area (Å²) < 4.78 is 21.3. The first-order valence-electron chi connectivity index (χ1n) is 7.01. The van der Waals surface area contributed by atoms with E-state index in [1.54, 1.807) is 10.6 Å². The highest BCUT2D eigenvalue weighted by Crippen LogP contribution is 2.38. The molecule has 0 saturated heterocycles. The molecular weight excluding hydrogens is 291 g/mol. The summed E-state index contributed by atoms with van der Waals surface area (Å²) in [4.78, 5) is 12.3. The van der Waals surface area contributed by atoms with E-state index in [0.29, 0.717) is 23.5 Å². The van der Waals surface area contributed by atoms with Crippen LogP contribution in [-0.4, -0.2) is 55.2 Å². The van der Waals surface area contributed by atoms with Crippen molar-refractivity contribution in [2.75, 3.05) is 13.2 Å². The van der Waals surface area contributed by atoms with Crippen molar-refractivity contribution in [1.82, 2.24) is 19.5 Å². The Bertz CT molecular complexity index is 677. The van der Waals surface area contributed by atoms with E-state index in [9.17, 15) is 14.6 Å². The minimum Gasteiger partial charge on any atom is -0.472 e. The molecule has 1 aliphatic carbocycles. The molecule has 0 radical (unpaired) electrons. The van der Waals surface area contributed by atoms with Gasteiger partial charge in [-0.2, -0.15) is 4.98 Å². The lowest BCUT2D eigenvalue weighted by Gasteiger charge is -2.16. The molecule has 118 valence electrons. The van der Waals surface area contributed by atoms with Gasteiger partial charge >= 0.3 is 0 Å². The number of imidazole rings is 1. The van der Waals surface area contributed by atoms with Crippen molar-refractivity contribution in [2.24, 2.45) is 5.92 Å². The zero-order valence-electron chi connectivity index (χ0n) is 11.8. The lowest BCUT2D eigenvalue weighted by molar-refractivity contribution is 0.0400. The van der Waals surface area contributed by atoms with Crippen LogP contribution in [0.25, 0.3) is 11.2 Å². The van der Waals surface area contributed by atoms with E-state index in [-0.39, 0.29) is 13.2 Å². The number of fused-ring (bicyclic) bond motifs is 1. The summed E-state index contributed by atoms with van der Waals surface area (Å²) in [5, 5.41) is 19.0. The molecule has 4 atom stereocenters. The van der Waals surface area contributed by atoms with Crippen LogP contribution in [0, 0.1) is 5.92 Å². The average Bonchev–Trinajstić information content (AvgIpc) is 3.08. The van der Waals surface area contributed by atoms with Gasteiger partial charge in [-0.25, -0.2) is 14.4 Å². The smallest absolute Gasteiger partial charge is 0.245 e. The molecule has 2 aromatic heterocycles. The van der Waals surface area contributed by atoms with Crippen LogP contribution in [0.1, 0.15) is 12.5 Å². The Morgan fingerprint density at radius 1 is 1.45 bits per heavy atom. The van der Waals surface area contributed by atoms with Gasteiger partial charge < -0.3 is 19.5 Å². The molecule has 2 aromatic rings. The van der Waals surface area contributed by atoms with E-state index in [1.807, 2.05) is 0 Å². The van der Waals surface area contributed by atoms with Crippen LogP contribution in [0.3, 0.4) is 0 Å². The molecule has 0 spiro atoms.